The summed E-state index contributed by atoms with van der Waals surface area (Å²) in [7, 11) is 0. The van der Waals surface area contributed by atoms with Crippen molar-refractivity contribution in [3.05, 3.63) is 65.0 Å². The molecule has 232 valence electrons. The summed E-state index contributed by atoms with van der Waals surface area (Å²) in [5, 5.41) is 2.33. The maximum Gasteiger partial charge on any atom is 0.389 e. The van der Waals surface area contributed by atoms with E-state index in [0.717, 1.165) is 11.0 Å². The van der Waals surface area contributed by atoms with E-state index in [1.165, 1.54) is 18.2 Å². The van der Waals surface area contributed by atoms with Gasteiger partial charge in [-0.25, -0.2) is 9.38 Å². The van der Waals surface area contributed by atoms with Gasteiger partial charge in [0.2, 0.25) is 18.0 Å². The van der Waals surface area contributed by atoms with E-state index in [4.69, 9.17) is 16.2 Å². The molecule has 3 atom stereocenters. The Kier molecular flexibility index (Phi) is 10.6. The molecule has 43 heavy (non-hydrogen) atoms. The molecular formula is C29H33F4N5O5. The van der Waals surface area contributed by atoms with Crippen molar-refractivity contribution < 1.29 is 41.5 Å². The molecule has 3 amide bonds. The number of fused-ring (bicyclic) bond motifs is 1. The molecule has 0 aromatic heterocycles. The van der Waals surface area contributed by atoms with E-state index < -0.39 is 79.8 Å². The van der Waals surface area contributed by atoms with Crippen LogP contribution in [0.1, 0.15) is 49.8 Å². The maximum atomic E-state index is 14.3. The van der Waals surface area contributed by atoms with Crippen molar-refractivity contribution in [3.63, 3.8) is 0 Å². The Balaban J connectivity index is 2.10. The van der Waals surface area contributed by atoms with Gasteiger partial charge in [-0.1, -0.05) is 44.2 Å². The first-order valence-electron chi connectivity index (χ1n) is 13.4. The number of halogens is 4. The predicted molar refractivity (Wildman–Crippen MR) is 149 cm³/mol. The van der Waals surface area contributed by atoms with Crippen LogP contribution in [-0.4, -0.2) is 54.5 Å². The van der Waals surface area contributed by atoms with E-state index in [0.29, 0.717) is 11.1 Å². The second kappa shape index (κ2) is 13.8. The summed E-state index contributed by atoms with van der Waals surface area (Å²) < 4.78 is 58.5. The molecule has 3 unspecified atom stereocenters. The van der Waals surface area contributed by atoms with E-state index in [1.54, 1.807) is 39.0 Å². The standard InChI is InChI=1S/C29H33F4N5O5/c1-15(2)22(35)28(42)43-14-38-24-16(3)6-4-9-20(24)23(17-7-5-8-19(30)12-17)36-25(27(38)41)37-26(40)18(13-21(34)39)10-11-29(31,32)33/h4-9,12,15,18,22,25H,10-11,13-14,35H2,1-3H3,(H2,34,39)(H,37,40). The zero-order valence-electron chi connectivity index (χ0n) is 23.8. The summed E-state index contributed by atoms with van der Waals surface area (Å²) in [5.41, 5.74) is 12.5. The molecule has 10 nitrogen and oxygen atoms in total. The number of para-hydroxylation sites is 1. The molecule has 0 saturated carbocycles. The number of nitrogens with one attached hydrogen (secondary N) is 1. The van der Waals surface area contributed by atoms with Crippen molar-refractivity contribution in [3.8, 4) is 0 Å². The van der Waals surface area contributed by atoms with Crippen molar-refractivity contribution in [2.45, 2.75) is 58.4 Å². The number of rotatable bonds is 11. The minimum Gasteiger partial charge on any atom is -0.443 e. The molecule has 1 aliphatic rings. The highest BCUT2D eigenvalue weighted by Gasteiger charge is 2.37. The number of benzene rings is 2. The molecule has 1 heterocycles. The van der Waals surface area contributed by atoms with Crippen LogP contribution >= 0.6 is 0 Å². The Hall–Kier alpha value is -4.33. The van der Waals surface area contributed by atoms with Gasteiger partial charge in [0, 0.05) is 29.9 Å². The minimum atomic E-state index is -4.62. The van der Waals surface area contributed by atoms with E-state index >= 15 is 0 Å². The Morgan fingerprint density at radius 1 is 1.14 bits per heavy atom. The number of anilines is 1. The number of hydrogen-bond donors (Lipinski definition) is 3. The number of benzodiazepines with no additional fused rings is 1. The van der Waals surface area contributed by atoms with Crippen LogP contribution in [0.4, 0.5) is 23.2 Å². The first kappa shape index (κ1) is 33.2. The largest absolute Gasteiger partial charge is 0.443 e. The van der Waals surface area contributed by atoms with Gasteiger partial charge >= 0.3 is 12.1 Å². The molecule has 0 fully saturated rings. The number of nitrogens with zero attached hydrogens (tertiary/aromatic N) is 2. The second-order valence-corrected chi connectivity index (χ2v) is 10.5. The second-order valence-electron chi connectivity index (χ2n) is 10.5. The molecule has 0 aliphatic carbocycles. The highest BCUT2D eigenvalue weighted by molar-refractivity contribution is 6.20. The third-order valence-electron chi connectivity index (χ3n) is 6.82. The number of nitrogens with two attached hydrogens (primary N) is 2. The van der Waals surface area contributed by atoms with Crippen molar-refractivity contribution in [1.29, 1.82) is 0 Å². The summed E-state index contributed by atoms with van der Waals surface area (Å²) >= 11 is 0. The van der Waals surface area contributed by atoms with Crippen molar-refractivity contribution in [2.24, 2.45) is 28.3 Å². The normalized spacial score (nSPS) is 16.6. The Morgan fingerprint density at radius 3 is 2.42 bits per heavy atom. The molecule has 1 aliphatic heterocycles. The molecule has 0 spiro atoms. The first-order valence-corrected chi connectivity index (χ1v) is 13.4. The third-order valence-corrected chi connectivity index (χ3v) is 6.82. The van der Waals surface area contributed by atoms with Gasteiger partial charge in [0.25, 0.3) is 5.91 Å². The molecular weight excluding hydrogens is 574 g/mol. The van der Waals surface area contributed by atoms with Crippen LogP contribution in [0.15, 0.2) is 47.5 Å². The lowest BCUT2D eigenvalue weighted by atomic mass is 9.97. The van der Waals surface area contributed by atoms with Crippen LogP contribution in [0.2, 0.25) is 0 Å². The zero-order valence-corrected chi connectivity index (χ0v) is 23.8. The molecule has 0 saturated heterocycles. The van der Waals surface area contributed by atoms with Gasteiger partial charge in [0.05, 0.1) is 11.4 Å². The summed E-state index contributed by atoms with van der Waals surface area (Å²) in [6.45, 7) is 4.43. The smallest absolute Gasteiger partial charge is 0.389 e. The SMILES string of the molecule is Cc1cccc2c1N(COC(=O)C(N)C(C)C)C(=O)C(NC(=O)C(CCC(F)(F)F)CC(N)=O)N=C2c1cccc(F)c1. The highest BCUT2D eigenvalue weighted by Crippen LogP contribution is 2.32. The Labute approximate surface area is 245 Å². The maximum absolute atomic E-state index is 14.3. The van der Waals surface area contributed by atoms with Gasteiger partial charge in [-0.3, -0.25) is 24.1 Å². The molecule has 0 bridgehead atoms. The molecule has 5 N–H and O–H groups in total. The summed E-state index contributed by atoms with van der Waals surface area (Å²) in [5.74, 6) is -6.23. The zero-order chi connectivity index (χ0) is 32.1. The fraction of sp³-hybridized carbons (Fsp3) is 0.414. The van der Waals surface area contributed by atoms with Crippen LogP contribution in [0.25, 0.3) is 0 Å². The average molecular weight is 608 g/mol. The number of hydrogen-bond acceptors (Lipinski definition) is 7. The Bertz CT molecular complexity index is 1410. The summed E-state index contributed by atoms with van der Waals surface area (Å²) in [6.07, 6.45) is -9.24. The van der Waals surface area contributed by atoms with Gasteiger partial charge in [-0.05, 0) is 37.0 Å². The highest BCUT2D eigenvalue weighted by atomic mass is 19.4. The first-order chi connectivity index (χ1) is 20.1. The van der Waals surface area contributed by atoms with E-state index in [2.05, 4.69) is 10.3 Å². The number of alkyl halides is 3. The summed E-state index contributed by atoms with van der Waals surface area (Å²) in [6, 6.07) is 9.21. The fourth-order valence-electron chi connectivity index (χ4n) is 4.46. The number of amides is 3. The van der Waals surface area contributed by atoms with Crippen LogP contribution < -0.4 is 21.7 Å². The third kappa shape index (κ3) is 8.60. The molecule has 2 aromatic rings. The summed E-state index contributed by atoms with van der Waals surface area (Å²) in [4.78, 5) is 56.8. The molecule has 14 heteroatoms. The fourth-order valence-corrected chi connectivity index (χ4v) is 4.46. The lowest BCUT2D eigenvalue weighted by Gasteiger charge is -2.27. The van der Waals surface area contributed by atoms with Gasteiger partial charge in [0.1, 0.15) is 11.9 Å². The van der Waals surface area contributed by atoms with Crippen molar-refractivity contribution >= 4 is 35.1 Å². The van der Waals surface area contributed by atoms with Crippen LogP contribution in [0.5, 0.6) is 0 Å². The van der Waals surface area contributed by atoms with Gasteiger partial charge < -0.3 is 21.5 Å². The molecule has 2 aromatic carbocycles. The van der Waals surface area contributed by atoms with Crippen molar-refractivity contribution in [1.82, 2.24) is 5.32 Å². The molecule has 0 radical (unpaired) electrons. The van der Waals surface area contributed by atoms with Crippen LogP contribution in [0.3, 0.4) is 0 Å². The Morgan fingerprint density at radius 2 is 1.81 bits per heavy atom. The lowest BCUT2D eigenvalue weighted by molar-refractivity contribution is -0.147. The average Bonchev–Trinajstić information content (AvgIpc) is 3.03. The molecule has 3 rings (SSSR count). The van der Waals surface area contributed by atoms with E-state index in [1.807, 2.05) is 0 Å². The lowest BCUT2D eigenvalue weighted by Crippen LogP contribution is -2.50. The van der Waals surface area contributed by atoms with E-state index in [9.17, 15) is 36.7 Å². The number of esters is 1. The van der Waals surface area contributed by atoms with Crippen LogP contribution in [-0.2, 0) is 23.9 Å². The number of carbonyl (C=O) groups is 4. The van der Waals surface area contributed by atoms with Gasteiger partial charge in [-0.2, -0.15) is 13.2 Å². The number of primary amides is 1. The number of aliphatic imine (C=N–C) groups is 1. The topological polar surface area (TPSA) is 157 Å². The van der Waals surface area contributed by atoms with E-state index in [-0.39, 0.29) is 22.9 Å². The minimum absolute atomic E-state index is 0.0753. The number of aryl methyl sites for hydroxylation is 1. The monoisotopic (exact) mass is 607 g/mol. The van der Waals surface area contributed by atoms with Gasteiger partial charge in [0.15, 0.2) is 6.73 Å². The predicted octanol–water partition coefficient (Wildman–Crippen LogP) is 3.08. The van der Waals surface area contributed by atoms with Gasteiger partial charge in [-0.15, -0.1) is 0 Å². The van der Waals surface area contributed by atoms with Crippen molar-refractivity contribution in [2.75, 3.05) is 11.6 Å². The quantitative estimate of drug-likeness (QED) is 0.263. The van der Waals surface area contributed by atoms with Crippen LogP contribution in [0, 0.1) is 24.6 Å². The number of ether oxygens (including phenoxy) is 1. The number of carbonyl (C=O) groups excluding carboxylic acids is 4.